The largest absolute Gasteiger partial charge is 0.306 e. The molecule has 0 fully saturated rings. The summed E-state index contributed by atoms with van der Waals surface area (Å²) in [6, 6.07) is 2.08. The molecule has 0 saturated carbocycles. The van der Waals surface area contributed by atoms with Crippen molar-refractivity contribution in [3.05, 3.63) is 0 Å². The Hall–Kier alpha value is -0.990. The monoisotopic (exact) mass is 136 g/mol. The van der Waals surface area contributed by atoms with E-state index < -0.39 is 0 Å². The zero-order chi connectivity index (χ0) is 7.66. The third-order valence-corrected chi connectivity index (χ3v) is 1.03. The zero-order valence-electron chi connectivity index (χ0n) is 6.28. The van der Waals surface area contributed by atoms with E-state index in [1.54, 1.807) is 0 Å². The van der Waals surface area contributed by atoms with Crippen molar-refractivity contribution in [3.8, 4) is 17.9 Å². The molecule has 1 N–H and O–H groups in total. The molecule has 0 unspecified atom stereocenters. The van der Waals surface area contributed by atoms with E-state index in [2.05, 4.69) is 23.2 Å². The number of nitrogens with one attached hydrogen (secondary N) is 1. The van der Waals surface area contributed by atoms with Crippen LogP contribution in [0.2, 0.25) is 0 Å². The van der Waals surface area contributed by atoms with Gasteiger partial charge in [0.25, 0.3) is 0 Å². The smallest absolute Gasteiger partial charge is 0.0622 e. The third kappa shape index (κ3) is 7.01. The molecule has 0 aliphatic rings. The fraction of sp³-hybridized carbons (Fsp3) is 0.625. The van der Waals surface area contributed by atoms with E-state index in [1.807, 2.05) is 6.92 Å². The number of hydrogen-bond donors (Lipinski definition) is 1. The molecule has 0 radical (unpaired) electrons. The van der Waals surface area contributed by atoms with Crippen LogP contribution in [0.4, 0.5) is 0 Å². The van der Waals surface area contributed by atoms with Gasteiger partial charge in [-0.25, -0.2) is 0 Å². The molecule has 0 aromatic rings. The summed E-state index contributed by atoms with van der Waals surface area (Å²) in [7, 11) is 0. The van der Waals surface area contributed by atoms with Gasteiger partial charge in [-0.15, -0.1) is 5.92 Å². The molecule has 0 heterocycles. The molecule has 0 bridgehead atoms. The molecular formula is C8H12N2. The predicted molar refractivity (Wildman–Crippen MR) is 41.2 cm³/mol. The Kier molecular flexibility index (Phi) is 7.22. The first-order valence-electron chi connectivity index (χ1n) is 3.39. The average Bonchev–Trinajstić information content (AvgIpc) is 1.97. The molecule has 10 heavy (non-hydrogen) atoms. The maximum absolute atomic E-state index is 8.16. The van der Waals surface area contributed by atoms with E-state index in [0.717, 1.165) is 19.5 Å². The van der Waals surface area contributed by atoms with Gasteiger partial charge < -0.3 is 5.32 Å². The molecule has 0 saturated heterocycles. The number of nitrogens with zero attached hydrogens (tertiary/aromatic N) is 1. The number of hydrogen-bond acceptors (Lipinski definition) is 2. The minimum Gasteiger partial charge on any atom is -0.306 e. The molecule has 0 aromatic carbocycles. The summed E-state index contributed by atoms with van der Waals surface area (Å²) < 4.78 is 0. The van der Waals surface area contributed by atoms with Crippen molar-refractivity contribution >= 4 is 0 Å². The second-order valence-corrected chi connectivity index (χ2v) is 1.87. The molecule has 0 amide bonds. The summed E-state index contributed by atoms with van der Waals surface area (Å²) in [5.41, 5.74) is 0. The molecule has 0 rings (SSSR count). The molecular weight excluding hydrogens is 124 g/mol. The maximum Gasteiger partial charge on any atom is 0.0622 e. The molecule has 0 spiro atoms. The summed E-state index contributed by atoms with van der Waals surface area (Å²) in [4.78, 5) is 0. The lowest BCUT2D eigenvalue weighted by Crippen LogP contribution is -2.14. The third-order valence-electron chi connectivity index (χ3n) is 1.03. The Balaban J connectivity index is 2.90. The van der Waals surface area contributed by atoms with Crippen LogP contribution in [0.3, 0.4) is 0 Å². The number of rotatable bonds is 4. The van der Waals surface area contributed by atoms with Crippen LogP contribution in [-0.4, -0.2) is 13.1 Å². The van der Waals surface area contributed by atoms with Crippen molar-refractivity contribution in [2.24, 2.45) is 0 Å². The Morgan fingerprint density at radius 1 is 1.50 bits per heavy atom. The highest BCUT2D eigenvalue weighted by molar-refractivity contribution is 4.96. The quantitative estimate of drug-likeness (QED) is 0.460. The van der Waals surface area contributed by atoms with E-state index in [-0.39, 0.29) is 0 Å². The fourth-order valence-corrected chi connectivity index (χ4v) is 0.532. The Morgan fingerprint density at radius 3 is 2.90 bits per heavy atom. The van der Waals surface area contributed by atoms with Gasteiger partial charge in [0.15, 0.2) is 0 Å². The average molecular weight is 136 g/mol. The minimum atomic E-state index is 0.632. The second-order valence-electron chi connectivity index (χ2n) is 1.87. The maximum atomic E-state index is 8.16. The summed E-state index contributed by atoms with van der Waals surface area (Å²) in [5.74, 6) is 5.66. The lowest BCUT2D eigenvalue weighted by molar-refractivity contribution is 0.710. The van der Waals surface area contributed by atoms with E-state index in [1.165, 1.54) is 0 Å². The van der Waals surface area contributed by atoms with Gasteiger partial charge in [-0.3, -0.25) is 0 Å². The standard InChI is InChI=1S/C8H12N2/c1-2-3-7-10-8-5-4-6-9/h10H,4-5,7-8H2,1H3. The summed E-state index contributed by atoms with van der Waals surface area (Å²) in [5, 5.41) is 11.3. The Labute approximate surface area is 62.2 Å². The minimum absolute atomic E-state index is 0.632. The lowest BCUT2D eigenvalue weighted by Gasteiger charge is -1.94. The van der Waals surface area contributed by atoms with Crippen LogP contribution in [0.15, 0.2) is 0 Å². The molecule has 2 heteroatoms. The van der Waals surface area contributed by atoms with Gasteiger partial charge in [0.1, 0.15) is 0 Å². The molecule has 0 aromatic heterocycles. The molecule has 2 nitrogen and oxygen atoms in total. The van der Waals surface area contributed by atoms with Crippen LogP contribution < -0.4 is 5.32 Å². The SMILES string of the molecule is CC#CCNCCCC#N. The highest BCUT2D eigenvalue weighted by Crippen LogP contribution is 1.81. The molecule has 0 atom stereocenters. The van der Waals surface area contributed by atoms with Gasteiger partial charge in [0.2, 0.25) is 0 Å². The number of unbranched alkanes of at least 4 members (excludes halogenated alkanes) is 1. The van der Waals surface area contributed by atoms with Crippen LogP contribution in [0.25, 0.3) is 0 Å². The van der Waals surface area contributed by atoms with Gasteiger partial charge in [-0.2, -0.15) is 5.26 Å². The van der Waals surface area contributed by atoms with E-state index in [0.29, 0.717) is 6.42 Å². The van der Waals surface area contributed by atoms with Gasteiger partial charge in [0, 0.05) is 6.42 Å². The Bertz CT molecular complexity index is 156. The normalized spacial score (nSPS) is 7.60. The van der Waals surface area contributed by atoms with Crippen LogP contribution in [0.5, 0.6) is 0 Å². The van der Waals surface area contributed by atoms with Crippen LogP contribution in [-0.2, 0) is 0 Å². The van der Waals surface area contributed by atoms with Crippen LogP contribution >= 0.6 is 0 Å². The van der Waals surface area contributed by atoms with Crippen molar-refractivity contribution in [2.75, 3.05) is 13.1 Å². The highest BCUT2D eigenvalue weighted by Gasteiger charge is 1.82. The summed E-state index contributed by atoms with van der Waals surface area (Å²) in [6.45, 7) is 3.45. The molecule has 54 valence electrons. The summed E-state index contributed by atoms with van der Waals surface area (Å²) >= 11 is 0. The fourth-order valence-electron chi connectivity index (χ4n) is 0.532. The van der Waals surface area contributed by atoms with Gasteiger partial charge in [-0.05, 0) is 19.9 Å². The van der Waals surface area contributed by atoms with Crippen molar-refractivity contribution < 1.29 is 0 Å². The van der Waals surface area contributed by atoms with Gasteiger partial charge in [-0.1, -0.05) is 5.92 Å². The lowest BCUT2D eigenvalue weighted by atomic mass is 10.3. The van der Waals surface area contributed by atoms with Gasteiger partial charge >= 0.3 is 0 Å². The number of nitriles is 1. The second kappa shape index (κ2) is 8.01. The van der Waals surface area contributed by atoms with Crippen LogP contribution in [0, 0.1) is 23.2 Å². The topological polar surface area (TPSA) is 35.8 Å². The highest BCUT2D eigenvalue weighted by atomic mass is 14.8. The van der Waals surface area contributed by atoms with E-state index >= 15 is 0 Å². The van der Waals surface area contributed by atoms with Gasteiger partial charge in [0.05, 0.1) is 12.6 Å². The zero-order valence-corrected chi connectivity index (χ0v) is 6.28. The van der Waals surface area contributed by atoms with Crippen LogP contribution in [0.1, 0.15) is 19.8 Å². The first-order valence-corrected chi connectivity index (χ1v) is 3.39. The Morgan fingerprint density at radius 2 is 2.30 bits per heavy atom. The molecule has 0 aliphatic heterocycles. The van der Waals surface area contributed by atoms with E-state index in [9.17, 15) is 0 Å². The van der Waals surface area contributed by atoms with Crippen molar-refractivity contribution in [1.82, 2.24) is 5.32 Å². The van der Waals surface area contributed by atoms with Crippen molar-refractivity contribution in [2.45, 2.75) is 19.8 Å². The van der Waals surface area contributed by atoms with Crippen molar-refractivity contribution in [1.29, 1.82) is 5.26 Å². The first kappa shape index (κ1) is 9.01. The van der Waals surface area contributed by atoms with Crippen molar-refractivity contribution in [3.63, 3.8) is 0 Å². The summed E-state index contributed by atoms with van der Waals surface area (Å²) in [6.07, 6.45) is 1.55. The van der Waals surface area contributed by atoms with E-state index in [4.69, 9.17) is 5.26 Å². The first-order chi connectivity index (χ1) is 4.91. The molecule has 0 aliphatic carbocycles. The predicted octanol–water partition coefficient (Wildman–Crippen LogP) is 0.903.